The van der Waals surface area contributed by atoms with Crippen LogP contribution in [0, 0.1) is 0 Å². The molecule has 2 aromatic heterocycles. The Hall–Kier alpha value is -1.73. The summed E-state index contributed by atoms with van der Waals surface area (Å²) in [6.45, 7) is 3.79. The van der Waals surface area contributed by atoms with Gasteiger partial charge in [-0.15, -0.1) is 0 Å². The maximum Gasteiger partial charge on any atom is 0.237 e. The monoisotopic (exact) mass is 294 g/mol. The van der Waals surface area contributed by atoms with Gasteiger partial charge < -0.3 is 5.32 Å². The molecule has 1 unspecified atom stereocenters. The van der Waals surface area contributed by atoms with Crippen LogP contribution in [0.1, 0.15) is 12.7 Å². The molecule has 0 aromatic carbocycles. The van der Waals surface area contributed by atoms with Crippen LogP contribution in [0.15, 0.2) is 6.20 Å². The number of nitrogens with one attached hydrogen (secondary N) is 1. The fourth-order valence-electron chi connectivity index (χ4n) is 2.33. The zero-order valence-corrected chi connectivity index (χ0v) is 12.1. The van der Waals surface area contributed by atoms with E-state index in [0.29, 0.717) is 29.7 Å². The lowest BCUT2D eigenvalue weighted by Gasteiger charge is -2.32. The average molecular weight is 295 g/mol. The molecule has 106 valence electrons. The van der Waals surface area contributed by atoms with E-state index in [1.165, 1.54) is 0 Å². The van der Waals surface area contributed by atoms with E-state index in [9.17, 15) is 4.79 Å². The van der Waals surface area contributed by atoms with Crippen molar-refractivity contribution in [2.24, 2.45) is 7.05 Å². The summed E-state index contributed by atoms with van der Waals surface area (Å²) >= 11 is 6.16. The summed E-state index contributed by atoms with van der Waals surface area (Å²) in [7, 11) is 1.81. The third-order valence-electron chi connectivity index (χ3n) is 3.56. The van der Waals surface area contributed by atoms with Crippen molar-refractivity contribution in [1.29, 1.82) is 0 Å². The number of halogens is 1. The first kappa shape index (κ1) is 13.3. The third-order valence-corrected chi connectivity index (χ3v) is 3.85. The standard InChI is InChI=1S/C12H15ClN6O/c1-7-12(20)14-3-4-19(7)6-9-16-10(13)8-5-15-18(2)11(8)17-9/h5,7H,3-4,6H2,1-2H3,(H,14,20). The molecule has 1 saturated heterocycles. The van der Waals surface area contributed by atoms with Gasteiger partial charge in [0.1, 0.15) is 11.0 Å². The molecule has 1 amide bonds. The Balaban J connectivity index is 1.90. The first-order valence-corrected chi connectivity index (χ1v) is 6.80. The number of amides is 1. The van der Waals surface area contributed by atoms with Crippen molar-refractivity contribution in [1.82, 2.24) is 30.0 Å². The maximum absolute atomic E-state index is 11.7. The van der Waals surface area contributed by atoms with Gasteiger partial charge in [0, 0.05) is 20.1 Å². The number of hydrogen-bond donors (Lipinski definition) is 1. The largest absolute Gasteiger partial charge is 0.353 e. The van der Waals surface area contributed by atoms with Crippen LogP contribution in [0.4, 0.5) is 0 Å². The molecule has 7 nitrogen and oxygen atoms in total. The molecule has 1 aliphatic rings. The minimum atomic E-state index is -0.187. The summed E-state index contributed by atoms with van der Waals surface area (Å²) in [6, 6.07) is -0.187. The van der Waals surface area contributed by atoms with Crippen molar-refractivity contribution in [2.45, 2.75) is 19.5 Å². The van der Waals surface area contributed by atoms with Crippen LogP contribution >= 0.6 is 11.6 Å². The van der Waals surface area contributed by atoms with Crippen LogP contribution in [0.2, 0.25) is 5.15 Å². The van der Waals surface area contributed by atoms with E-state index in [1.807, 2.05) is 18.9 Å². The lowest BCUT2D eigenvalue weighted by Crippen LogP contribution is -2.53. The molecular weight excluding hydrogens is 280 g/mol. The minimum absolute atomic E-state index is 0.0314. The summed E-state index contributed by atoms with van der Waals surface area (Å²) in [5, 5.41) is 8.09. The molecule has 1 atom stereocenters. The number of carbonyl (C=O) groups is 1. The summed E-state index contributed by atoms with van der Waals surface area (Å²) in [4.78, 5) is 22.5. The first-order chi connectivity index (χ1) is 9.56. The second-order valence-corrected chi connectivity index (χ2v) is 5.23. The topological polar surface area (TPSA) is 75.9 Å². The zero-order chi connectivity index (χ0) is 14.3. The van der Waals surface area contributed by atoms with Crippen LogP contribution in [0.5, 0.6) is 0 Å². The molecule has 3 rings (SSSR count). The zero-order valence-electron chi connectivity index (χ0n) is 11.3. The molecule has 0 aliphatic carbocycles. The quantitative estimate of drug-likeness (QED) is 0.808. The molecule has 1 aliphatic heterocycles. The third kappa shape index (κ3) is 2.23. The van der Waals surface area contributed by atoms with Gasteiger partial charge in [0.15, 0.2) is 5.65 Å². The lowest BCUT2D eigenvalue weighted by atomic mass is 10.2. The second-order valence-electron chi connectivity index (χ2n) is 4.87. The average Bonchev–Trinajstić information content (AvgIpc) is 2.78. The summed E-state index contributed by atoms with van der Waals surface area (Å²) in [6.07, 6.45) is 1.65. The second kappa shape index (κ2) is 4.99. The van der Waals surface area contributed by atoms with Gasteiger partial charge in [0.25, 0.3) is 0 Å². The van der Waals surface area contributed by atoms with E-state index < -0.39 is 0 Å². The highest BCUT2D eigenvalue weighted by molar-refractivity contribution is 6.33. The molecule has 0 radical (unpaired) electrons. The van der Waals surface area contributed by atoms with E-state index in [0.717, 1.165) is 11.9 Å². The van der Waals surface area contributed by atoms with Crippen molar-refractivity contribution in [2.75, 3.05) is 13.1 Å². The molecule has 1 fully saturated rings. The predicted molar refractivity (Wildman–Crippen MR) is 74.2 cm³/mol. The molecule has 0 bridgehead atoms. The molecule has 0 spiro atoms. The number of nitrogens with zero attached hydrogens (tertiary/aromatic N) is 5. The number of carbonyl (C=O) groups excluding carboxylic acids is 1. The molecule has 0 saturated carbocycles. The Bertz CT molecular complexity index is 669. The smallest absolute Gasteiger partial charge is 0.237 e. The SMILES string of the molecule is CC1C(=O)NCCN1Cc1nc(Cl)c2cnn(C)c2n1. The minimum Gasteiger partial charge on any atom is -0.353 e. The van der Waals surface area contributed by atoms with Gasteiger partial charge in [-0.3, -0.25) is 14.4 Å². The molecule has 2 aromatic rings. The fraction of sp³-hybridized carbons (Fsp3) is 0.500. The number of aryl methyl sites for hydroxylation is 1. The van der Waals surface area contributed by atoms with Crippen molar-refractivity contribution >= 4 is 28.5 Å². The van der Waals surface area contributed by atoms with E-state index in [4.69, 9.17) is 11.6 Å². The number of fused-ring (bicyclic) bond motifs is 1. The van der Waals surface area contributed by atoms with E-state index in [1.54, 1.807) is 10.9 Å². The number of hydrogen-bond acceptors (Lipinski definition) is 5. The summed E-state index contributed by atoms with van der Waals surface area (Å²) in [5.74, 6) is 0.636. The highest BCUT2D eigenvalue weighted by atomic mass is 35.5. The van der Waals surface area contributed by atoms with Gasteiger partial charge >= 0.3 is 0 Å². The molecule has 1 N–H and O–H groups in total. The van der Waals surface area contributed by atoms with Crippen LogP contribution in [0.3, 0.4) is 0 Å². The van der Waals surface area contributed by atoms with Gasteiger partial charge in [-0.05, 0) is 6.92 Å². The normalized spacial score (nSPS) is 20.4. The Morgan fingerprint density at radius 2 is 2.30 bits per heavy atom. The number of piperazine rings is 1. The first-order valence-electron chi connectivity index (χ1n) is 6.42. The van der Waals surface area contributed by atoms with Gasteiger partial charge in [0.2, 0.25) is 5.91 Å². The Kier molecular flexibility index (Phi) is 3.31. The van der Waals surface area contributed by atoms with Crippen molar-refractivity contribution in [3.63, 3.8) is 0 Å². The van der Waals surface area contributed by atoms with Crippen molar-refractivity contribution in [3.05, 3.63) is 17.2 Å². The van der Waals surface area contributed by atoms with Gasteiger partial charge in [0.05, 0.1) is 24.2 Å². The Labute approximate surface area is 120 Å². The van der Waals surface area contributed by atoms with E-state index in [2.05, 4.69) is 20.4 Å². The van der Waals surface area contributed by atoms with E-state index >= 15 is 0 Å². The predicted octanol–water partition coefficient (Wildman–Crippen LogP) is 0.337. The maximum atomic E-state index is 11.7. The van der Waals surface area contributed by atoms with Gasteiger partial charge in [-0.25, -0.2) is 9.97 Å². The highest BCUT2D eigenvalue weighted by Crippen LogP contribution is 2.20. The van der Waals surface area contributed by atoms with Crippen LogP contribution in [-0.2, 0) is 18.4 Å². The summed E-state index contributed by atoms with van der Waals surface area (Å²) < 4.78 is 1.67. The molecular formula is C12H15ClN6O. The lowest BCUT2D eigenvalue weighted by molar-refractivity contribution is -0.128. The fourth-order valence-corrected chi connectivity index (χ4v) is 2.56. The van der Waals surface area contributed by atoms with Gasteiger partial charge in [-0.2, -0.15) is 5.10 Å². The van der Waals surface area contributed by atoms with Crippen molar-refractivity contribution < 1.29 is 4.79 Å². The number of rotatable bonds is 2. The summed E-state index contributed by atoms with van der Waals surface area (Å²) in [5.41, 5.74) is 0.703. The van der Waals surface area contributed by atoms with Gasteiger partial charge in [-0.1, -0.05) is 11.6 Å². The Morgan fingerprint density at radius 3 is 3.10 bits per heavy atom. The van der Waals surface area contributed by atoms with Crippen molar-refractivity contribution in [3.8, 4) is 0 Å². The highest BCUT2D eigenvalue weighted by Gasteiger charge is 2.26. The Morgan fingerprint density at radius 1 is 1.50 bits per heavy atom. The molecule has 20 heavy (non-hydrogen) atoms. The van der Waals surface area contributed by atoms with Crippen LogP contribution in [-0.4, -0.2) is 49.7 Å². The van der Waals surface area contributed by atoms with Crippen LogP contribution in [0.25, 0.3) is 11.0 Å². The molecule has 3 heterocycles. The van der Waals surface area contributed by atoms with Crippen LogP contribution < -0.4 is 5.32 Å². The molecule has 8 heteroatoms. The number of aromatic nitrogens is 4. The van der Waals surface area contributed by atoms with E-state index in [-0.39, 0.29) is 11.9 Å².